The van der Waals surface area contributed by atoms with E-state index in [1.54, 1.807) is 0 Å². The van der Waals surface area contributed by atoms with Crippen molar-refractivity contribution >= 4 is 32.4 Å². The molecule has 0 amide bonds. The summed E-state index contributed by atoms with van der Waals surface area (Å²) >= 11 is 5.90. The second kappa shape index (κ2) is 4.29. The maximum Gasteiger partial charge on any atom is 0.213 e. The molecule has 0 aromatic heterocycles. The van der Waals surface area contributed by atoms with Gasteiger partial charge in [0.1, 0.15) is 0 Å². The normalized spacial score (nSPS) is 11.9. The molecule has 0 heterocycles. The molecule has 2 N–H and O–H groups in total. The van der Waals surface area contributed by atoms with Crippen molar-refractivity contribution in [1.82, 2.24) is 0 Å². The van der Waals surface area contributed by atoms with Crippen molar-refractivity contribution < 1.29 is 8.42 Å². The number of nitrogens with two attached hydrogens (primary N) is 1. The highest BCUT2D eigenvalue weighted by Gasteiger charge is 2.09. The molecule has 0 bridgehead atoms. The topological polar surface area (TPSA) is 60.2 Å². The fourth-order valence-electron chi connectivity index (χ4n) is 1.80. The van der Waals surface area contributed by atoms with Crippen molar-refractivity contribution in [2.75, 3.05) is 0 Å². The van der Waals surface area contributed by atoms with Gasteiger partial charge in [-0.15, -0.1) is 0 Å². The quantitative estimate of drug-likeness (QED) is 0.911. The van der Waals surface area contributed by atoms with E-state index in [0.717, 1.165) is 16.3 Å². The predicted molar refractivity (Wildman–Crippen MR) is 70.5 cm³/mol. The van der Waals surface area contributed by atoms with Crippen LogP contribution in [0.2, 0.25) is 5.02 Å². The van der Waals surface area contributed by atoms with Gasteiger partial charge in [-0.2, -0.15) is 0 Å². The zero-order valence-corrected chi connectivity index (χ0v) is 10.8. The van der Waals surface area contributed by atoms with Crippen LogP contribution >= 0.6 is 11.6 Å². The number of halogens is 1. The molecule has 0 aliphatic carbocycles. The lowest BCUT2D eigenvalue weighted by molar-refractivity contribution is 0.597. The Bertz CT molecular complexity index is 680. The minimum absolute atomic E-state index is 0.152. The number of aryl methyl sites for hydroxylation is 1. The first-order valence-electron chi connectivity index (χ1n) is 5.04. The van der Waals surface area contributed by atoms with Crippen LogP contribution in [0, 0.1) is 6.92 Å². The highest BCUT2D eigenvalue weighted by Crippen LogP contribution is 2.24. The molecule has 0 fully saturated rings. The van der Waals surface area contributed by atoms with Crippen LogP contribution < -0.4 is 5.14 Å². The van der Waals surface area contributed by atoms with E-state index in [1.807, 2.05) is 37.3 Å². The maximum absolute atomic E-state index is 11.1. The summed E-state index contributed by atoms with van der Waals surface area (Å²) in [5, 5.41) is 7.63. The summed E-state index contributed by atoms with van der Waals surface area (Å²) in [5.41, 5.74) is 1.62. The van der Waals surface area contributed by atoms with E-state index in [1.165, 1.54) is 0 Å². The molecule has 2 aromatic rings. The number of rotatable bonds is 2. The number of primary sulfonamides is 1. The lowest BCUT2D eigenvalue weighted by Crippen LogP contribution is -2.15. The van der Waals surface area contributed by atoms with Crippen molar-refractivity contribution in [2.45, 2.75) is 12.7 Å². The molecule has 0 spiro atoms. The molecule has 0 unspecified atom stereocenters. The van der Waals surface area contributed by atoms with Gasteiger partial charge in [-0.25, -0.2) is 13.6 Å². The average molecular weight is 270 g/mol. The Morgan fingerprint density at radius 3 is 2.53 bits per heavy atom. The second-order valence-electron chi connectivity index (χ2n) is 4.08. The Labute approximate surface area is 105 Å². The molecule has 2 aromatic carbocycles. The summed E-state index contributed by atoms with van der Waals surface area (Å²) in [7, 11) is -3.51. The van der Waals surface area contributed by atoms with E-state index in [9.17, 15) is 8.42 Å². The molecule has 0 radical (unpaired) electrons. The van der Waals surface area contributed by atoms with Gasteiger partial charge < -0.3 is 0 Å². The maximum atomic E-state index is 11.1. The van der Waals surface area contributed by atoms with Crippen molar-refractivity contribution in [3.63, 3.8) is 0 Å². The minimum Gasteiger partial charge on any atom is -0.228 e. The van der Waals surface area contributed by atoms with Crippen LogP contribution in [0.15, 0.2) is 30.3 Å². The molecule has 0 aliphatic rings. The van der Waals surface area contributed by atoms with Crippen LogP contribution in [0.4, 0.5) is 0 Å². The summed E-state index contributed by atoms with van der Waals surface area (Å²) in [5.74, 6) is -0.152. The molecule has 17 heavy (non-hydrogen) atoms. The van der Waals surface area contributed by atoms with Crippen LogP contribution in [0.1, 0.15) is 11.1 Å². The molecule has 0 aliphatic heterocycles. The minimum atomic E-state index is -3.51. The van der Waals surface area contributed by atoms with Crippen LogP contribution in [0.25, 0.3) is 10.8 Å². The van der Waals surface area contributed by atoms with E-state index in [2.05, 4.69) is 0 Å². The van der Waals surface area contributed by atoms with Crippen molar-refractivity contribution in [2.24, 2.45) is 5.14 Å². The zero-order chi connectivity index (χ0) is 12.6. The fraction of sp³-hybridized carbons (Fsp3) is 0.167. The third-order valence-corrected chi connectivity index (χ3v) is 3.56. The summed E-state index contributed by atoms with van der Waals surface area (Å²) in [6, 6.07) is 9.28. The van der Waals surface area contributed by atoms with E-state index < -0.39 is 10.0 Å². The third-order valence-electron chi connectivity index (χ3n) is 2.61. The Balaban J connectivity index is 2.61. The first-order valence-corrected chi connectivity index (χ1v) is 7.14. The van der Waals surface area contributed by atoms with Gasteiger partial charge in [0.05, 0.1) is 5.75 Å². The molecular formula is C12H12ClNO2S. The Hall–Kier alpha value is -1.10. The molecular weight excluding hydrogens is 258 g/mol. The van der Waals surface area contributed by atoms with Crippen molar-refractivity contribution in [1.29, 1.82) is 0 Å². The van der Waals surface area contributed by atoms with Crippen molar-refractivity contribution in [3.8, 4) is 0 Å². The van der Waals surface area contributed by atoms with Crippen LogP contribution in [0.3, 0.4) is 0 Å². The van der Waals surface area contributed by atoms with E-state index in [0.29, 0.717) is 10.6 Å². The highest BCUT2D eigenvalue weighted by molar-refractivity contribution is 7.88. The number of sulfonamides is 1. The van der Waals surface area contributed by atoms with E-state index in [-0.39, 0.29) is 5.75 Å². The van der Waals surface area contributed by atoms with Gasteiger partial charge in [-0.05, 0) is 47.0 Å². The smallest absolute Gasteiger partial charge is 0.213 e. The Morgan fingerprint density at radius 1 is 1.18 bits per heavy atom. The number of hydrogen-bond donors (Lipinski definition) is 1. The van der Waals surface area contributed by atoms with Crippen LogP contribution in [-0.4, -0.2) is 8.42 Å². The number of benzene rings is 2. The van der Waals surface area contributed by atoms with E-state index in [4.69, 9.17) is 16.7 Å². The summed E-state index contributed by atoms with van der Waals surface area (Å²) in [6.45, 7) is 1.87. The first kappa shape index (κ1) is 12.4. The molecule has 3 nitrogen and oxygen atoms in total. The summed E-state index contributed by atoms with van der Waals surface area (Å²) in [6.07, 6.45) is 0. The van der Waals surface area contributed by atoms with E-state index >= 15 is 0 Å². The van der Waals surface area contributed by atoms with Gasteiger partial charge in [0.15, 0.2) is 0 Å². The number of hydrogen-bond acceptors (Lipinski definition) is 2. The zero-order valence-electron chi connectivity index (χ0n) is 9.27. The molecule has 0 saturated heterocycles. The van der Waals surface area contributed by atoms with Gasteiger partial charge in [-0.1, -0.05) is 23.7 Å². The summed E-state index contributed by atoms with van der Waals surface area (Å²) in [4.78, 5) is 0. The standard InChI is InChI=1S/C12H12ClNO2S/c1-8-4-9-2-3-12(13)6-10(9)5-11(8)7-17(14,15)16/h2-6H,7H2,1H3,(H2,14,15,16). The van der Waals surface area contributed by atoms with Gasteiger partial charge in [0.2, 0.25) is 10.0 Å². The lowest BCUT2D eigenvalue weighted by Gasteiger charge is -2.07. The Kier molecular flexibility index (Phi) is 3.12. The van der Waals surface area contributed by atoms with Gasteiger partial charge in [0, 0.05) is 5.02 Å². The molecule has 2 rings (SSSR count). The average Bonchev–Trinajstić information content (AvgIpc) is 2.17. The molecule has 90 valence electrons. The SMILES string of the molecule is Cc1cc2ccc(Cl)cc2cc1CS(N)(=O)=O. The largest absolute Gasteiger partial charge is 0.228 e. The second-order valence-corrected chi connectivity index (χ2v) is 6.13. The lowest BCUT2D eigenvalue weighted by atomic mass is 10.0. The van der Waals surface area contributed by atoms with Gasteiger partial charge >= 0.3 is 0 Å². The number of fused-ring (bicyclic) bond motifs is 1. The van der Waals surface area contributed by atoms with Gasteiger partial charge in [0.25, 0.3) is 0 Å². The monoisotopic (exact) mass is 269 g/mol. The highest BCUT2D eigenvalue weighted by atomic mass is 35.5. The van der Waals surface area contributed by atoms with Crippen LogP contribution in [0.5, 0.6) is 0 Å². The van der Waals surface area contributed by atoms with Crippen molar-refractivity contribution in [3.05, 3.63) is 46.5 Å². The predicted octanol–water partition coefficient (Wildman–Crippen LogP) is 2.59. The third kappa shape index (κ3) is 2.97. The molecule has 0 saturated carbocycles. The van der Waals surface area contributed by atoms with Gasteiger partial charge in [-0.3, -0.25) is 0 Å². The fourth-order valence-corrected chi connectivity index (χ4v) is 2.73. The first-order chi connectivity index (χ1) is 7.85. The van der Waals surface area contributed by atoms with Crippen LogP contribution in [-0.2, 0) is 15.8 Å². The summed E-state index contributed by atoms with van der Waals surface area (Å²) < 4.78 is 22.2. The molecule has 5 heteroatoms. The molecule has 0 atom stereocenters. The Morgan fingerprint density at radius 2 is 1.88 bits per heavy atom.